The van der Waals surface area contributed by atoms with Crippen molar-refractivity contribution in [2.75, 3.05) is 0 Å². The smallest absolute Gasteiger partial charge is 0.0283 e. The number of benzene rings is 2. The van der Waals surface area contributed by atoms with Gasteiger partial charge in [0.2, 0.25) is 0 Å². The molecule has 0 aliphatic heterocycles. The summed E-state index contributed by atoms with van der Waals surface area (Å²) in [6.45, 7) is 2.18. The number of halogens is 1. The second-order valence-electron chi connectivity index (χ2n) is 4.06. The van der Waals surface area contributed by atoms with Crippen LogP contribution in [0.15, 0.2) is 48.5 Å². The maximum absolute atomic E-state index is 3.50. The SMILES string of the molecule is Cc1ccc(CBr)cc1Cc1ccccc1. The van der Waals surface area contributed by atoms with Gasteiger partial charge in [0.25, 0.3) is 0 Å². The Morgan fingerprint density at radius 1 is 0.938 bits per heavy atom. The van der Waals surface area contributed by atoms with E-state index >= 15 is 0 Å². The molecule has 82 valence electrons. The predicted molar refractivity (Wildman–Crippen MR) is 73.1 cm³/mol. The van der Waals surface area contributed by atoms with Gasteiger partial charge >= 0.3 is 0 Å². The van der Waals surface area contributed by atoms with Gasteiger partial charge in [0, 0.05) is 5.33 Å². The van der Waals surface area contributed by atoms with Crippen molar-refractivity contribution in [1.82, 2.24) is 0 Å². The van der Waals surface area contributed by atoms with E-state index in [1.807, 2.05) is 0 Å². The molecule has 2 aromatic carbocycles. The summed E-state index contributed by atoms with van der Waals surface area (Å²) in [7, 11) is 0. The van der Waals surface area contributed by atoms with E-state index in [1.165, 1.54) is 22.3 Å². The molecule has 0 N–H and O–H groups in total. The Labute approximate surface area is 105 Å². The molecule has 2 aromatic rings. The Bertz CT molecular complexity index is 460. The topological polar surface area (TPSA) is 0 Å². The summed E-state index contributed by atoms with van der Waals surface area (Å²) in [5, 5.41) is 0.926. The molecule has 0 unspecified atom stereocenters. The normalized spacial score (nSPS) is 10.4. The Balaban J connectivity index is 2.27. The van der Waals surface area contributed by atoms with Gasteiger partial charge in [-0.2, -0.15) is 0 Å². The van der Waals surface area contributed by atoms with Gasteiger partial charge in [-0.15, -0.1) is 0 Å². The summed E-state index contributed by atoms with van der Waals surface area (Å²) < 4.78 is 0. The standard InChI is InChI=1S/C15H15Br/c1-12-7-8-14(11-16)10-15(12)9-13-5-3-2-4-6-13/h2-8,10H,9,11H2,1H3. The molecule has 16 heavy (non-hydrogen) atoms. The number of hydrogen-bond acceptors (Lipinski definition) is 0. The Morgan fingerprint density at radius 3 is 2.38 bits per heavy atom. The molecule has 0 nitrogen and oxygen atoms in total. The molecule has 0 radical (unpaired) electrons. The highest BCUT2D eigenvalue weighted by molar-refractivity contribution is 9.08. The first kappa shape index (κ1) is 11.4. The molecule has 2 rings (SSSR count). The highest BCUT2D eigenvalue weighted by Crippen LogP contribution is 2.17. The molecule has 0 bridgehead atoms. The Hall–Kier alpha value is -1.08. The lowest BCUT2D eigenvalue weighted by Gasteiger charge is -2.07. The van der Waals surface area contributed by atoms with Crippen molar-refractivity contribution in [1.29, 1.82) is 0 Å². The van der Waals surface area contributed by atoms with Gasteiger partial charge in [0.15, 0.2) is 0 Å². The fourth-order valence-corrected chi connectivity index (χ4v) is 2.16. The van der Waals surface area contributed by atoms with E-state index < -0.39 is 0 Å². The van der Waals surface area contributed by atoms with E-state index in [1.54, 1.807) is 0 Å². The zero-order valence-electron chi connectivity index (χ0n) is 9.41. The average molecular weight is 275 g/mol. The summed E-state index contributed by atoms with van der Waals surface area (Å²) in [6, 6.07) is 17.3. The summed E-state index contributed by atoms with van der Waals surface area (Å²) in [5.74, 6) is 0. The first-order chi connectivity index (χ1) is 7.79. The number of aryl methyl sites for hydroxylation is 1. The van der Waals surface area contributed by atoms with E-state index in [0.29, 0.717) is 0 Å². The van der Waals surface area contributed by atoms with Crippen molar-refractivity contribution in [3.8, 4) is 0 Å². The molecule has 0 fully saturated rings. The second-order valence-corrected chi connectivity index (χ2v) is 4.62. The molecule has 0 amide bonds. The van der Waals surface area contributed by atoms with E-state index in [9.17, 15) is 0 Å². The molecule has 0 aliphatic carbocycles. The number of hydrogen-bond donors (Lipinski definition) is 0. The molecule has 1 heteroatoms. The monoisotopic (exact) mass is 274 g/mol. The summed E-state index contributed by atoms with van der Waals surface area (Å²) in [6.07, 6.45) is 1.02. The van der Waals surface area contributed by atoms with E-state index in [0.717, 1.165) is 11.8 Å². The molecule has 0 aliphatic rings. The molecular weight excluding hydrogens is 260 g/mol. The van der Waals surface area contributed by atoms with Gasteiger partial charge < -0.3 is 0 Å². The van der Waals surface area contributed by atoms with E-state index in [4.69, 9.17) is 0 Å². The quantitative estimate of drug-likeness (QED) is 0.724. The third kappa shape index (κ3) is 2.73. The van der Waals surface area contributed by atoms with Crippen molar-refractivity contribution < 1.29 is 0 Å². The molecule has 0 saturated heterocycles. The summed E-state index contributed by atoms with van der Waals surface area (Å²) >= 11 is 3.50. The second kappa shape index (κ2) is 5.31. The van der Waals surface area contributed by atoms with Crippen LogP contribution in [0.3, 0.4) is 0 Å². The fraction of sp³-hybridized carbons (Fsp3) is 0.200. The van der Waals surface area contributed by atoms with Crippen molar-refractivity contribution >= 4 is 15.9 Å². The number of rotatable bonds is 3. The van der Waals surface area contributed by atoms with Crippen LogP contribution in [-0.2, 0) is 11.8 Å². The van der Waals surface area contributed by atoms with Crippen molar-refractivity contribution in [2.45, 2.75) is 18.7 Å². The maximum Gasteiger partial charge on any atom is 0.0283 e. The van der Waals surface area contributed by atoms with Crippen LogP contribution in [0.4, 0.5) is 0 Å². The van der Waals surface area contributed by atoms with Crippen molar-refractivity contribution in [2.24, 2.45) is 0 Å². The zero-order valence-corrected chi connectivity index (χ0v) is 11.0. The minimum Gasteiger partial charge on any atom is -0.0876 e. The van der Waals surface area contributed by atoms with Crippen molar-refractivity contribution in [3.05, 3.63) is 70.8 Å². The lowest BCUT2D eigenvalue weighted by molar-refractivity contribution is 1.14. The average Bonchev–Trinajstić information content (AvgIpc) is 2.33. The lowest BCUT2D eigenvalue weighted by atomic mass is 9.99. The van der Waals surface area contributed by atoms with Crippen LogP contribution in [0.5, 0.6) is 0 Å². The molecule has 0 heterocycles. The minimum atomic E-state index is 0.926. The first-order valence-electron chi connectivity index (χ1n) is 5.48. The first-order valence-corrected chi connectivity index (χ1v) is 6.60. The molecule has 0 spiro atoms. The fourth-order valence-electron chi connectivity index (χ4n) is 1.81. The molecular formula is C15H15Br. The van der Waals surface area contributed by atoms with Gasteiger partial charge in [-0.05, 0) is 35.6 Å². The Morgan fingerprint density at radius 2 is 1.69 bits per heavy atom. The third-order valence-corrected chi connectivity index (χ3v) is 3.45. The van der Waals surface area contributed by atoms with Gasteiger partial charge in [0.05, 0.1) is 0 Å². The van der Waals surface area contributed by atoms with Crippen LogP contribution >= 0.6 is 15.9 Å². The largest absolute Gasteiger partial charge is 0.0876 e. The molecule has 0 saturated carbocycles. The van der Waals surface area contributed by atoms with Crippen LogP contribution in [0.1, 0.15) is 22.3 Å². The minimum absolute atomic E-state index is 0.926. The van der Waals surface area contributed by atoms with Crippen LogP contribution in [0.2, 0.25) is 0 Å². The van der Waals surface area contributed by atoms with Crippen LogP contribution in [0, 0.1) is 6.92 Å². The molecule has 0 aromatic heterocycles. The lowest BCUT2D eigenvalue weighted by Crippen LogP contribution is -1.93. The summed E-state index contributed by atoms with van der Waals surface area (Å²) in [5.41, 5.74) is 5.51. The van der Waals surface area contributed by atoms with Gasteiger partial charge in [-0.3, -0.25) is 0 Å². The highest BCUT2D eigenvalue weighted by atomic mass is 79.9. The highest BCUT2D eigenvalue weighted by Gasteiger charge is 2.01. The van der Waals surface area contributed by atoms with Gasteiger partial charge in [-0.25, -0.2) is 0 Å². The van der Waals surface area contributed by atoms with E-state index in [-0.39, 0.29) is 0 Å². The molecule has 0 atom stereocenters. The van der Waals surface area contributed by atoms with Crippen molar-refractivity contribution in [3.63, 3.8) is 0 Å². The third-order valence-electron chi connectivity index (χ3n) is 2.81. The van der Waals surface area contributed by atoms with Crippen LogP contribution in [-0.4, -0.2) is 0 Å². The van der Waals surface area contributed by atoms with E-state index in [2.05, 4.69) is 71.4 Å². The summed E-state index contributed by atoms with van der Waals surface area (Å²) in [4.78, 5) is 0. The maximum atomic E-state index is 3.50. The van der Waals surface area contributed by atoms with Crippen LogP contribution in [0.25, 0.3) is 0 Å². The van der Waals surface area contributed by atoms with Gasteiger partial charge in [0.1, 0.15) is 0 Å². The Kier molecular flexibility index (Phi) is 3.79. The zero-order chi connectivity index (χ0) is 11.4. The van der Waals surface area contributed by atoms with Gasteiger partial charge in [-0.1, -0.05) is 64.5 Å². The predicted octanol–water partition coefficient (Wildman–Crippen LogP) is 4.48. The number of alkyl halides is 1. The van der Waals surface area contributed by atoms with Crippen LogP contribution < -0.4 is 0 Å².